The molecule has 0 saturated heterocycles. The molecule has 11 aromatic rings. The summed E-state index contributed by atoms with van der Waals surface area (Å²) < 4.78 is 6.61. The summed E-state index contributed by atoms with van der Waals surface area (Å²) in [6.45, 7) is 0. The third-order valence-corrected chi connectivity index (χ3v) is 13.0. The van der Waals surface area contributed by atoms with Gasteiger partial charge < -0.3 is 4.42 Å². The van der Waals surface area contributed by atoms with Crippen LogP contribution in [-0.4, -0.2) is 15.0 Å². The van der Waals surface area contributed by atoms with E-state index in [9.17, 15) is 0 Å². The molecule has 0 aliphatic heterocycles. The lowest BCUT2D eigenvalue weighted by Crippen LogP contribution is -2.29. The van der Waals surface area contributed by atoms with Crippen LogP contribution in [0.15, 0.2) is 217 Å². The number of nitrogens with zero attached hydrogens (tertiary/aromatic N) is 3. The van der Waals surface area contributed by atoms with Crippen molar-refractivity contribution in [2.24, 2.45) is 0 Å². The molecule has 2 heterocycles. The van der Waals surface area contributed by atoms with E-state index in [-0.39, 0.29) is 0 Å². The maximum atomic E-state index is 6.61. The Kier molecular flexibility index (Phi) is 7.49. The zero-order valence-electron chi connectivity index (χ0n) is 33.5. The fraction of sp³-hybridized carbons (Fsp3) is 0.0172. The number of rotatable bonds is 4. The largest absolute Gasteiger partial charge is 0.455 e. The minimum absolute atomic E-state index is 0.555. The summed E-state index contributed by atoms with van der Waals surface area (Å²) in [5.41, 5.74) is 18.0. The van der Waals surface area contributed by atoms with E-state index in [0.717, 1.165) is 55.3 Å². The Balaban J connectivity index is 1.11. The van der Waals surface area contributed by atoms with Crippen LogP contribution in [0.3, 0.4) is 0 Å². The second-order valence-corrected chi connectivity index (χ2v) is 16.2. The van der Waals surface area contributed by atoms with Gasteiger partial charge in [-0.1, -0.05) is 194 Å². The van der Waals surface area contributed by atoms with Crippen LogP contribution in [0.25, 0.3) is 101 Å². The van der Waals surface area contributed by atoms with E-state index in [1.165, 1.54) is 50.1 Å². The molecule has 0 fully saturated rings. The van der Waals surface area contributed by atoms with Crippen molar-refractivity contribution in [1.82, 2.24) is 15.0 Å². The van der Waals surface area contributed by atoms with Gasteiger partial charge in [0, 0.05) is 21.9 Å². The molecule has 13 rings (SSSR count). The van der Waals surface area contributed by atoms with Crippen molar-refractivity contribution < 1.29 is 4.42 Å². The Bertz CT molecular complexity index is 3540. The zero-order chi connectivity index (χ0) is 40.8. The lowest BCUT2D eigenvalue weighted by Gasteiger charge is -2.35. The van der Waals surface area contributed by atoms with E-state index in [1.54, 1.807) is 0 Å². The lowest BCUT2D eigenvalue weighted by molar-refractivity contribution is 0.669. The highest BCUT2D eigenvalue weighted by Crippen LogP contribution is 2.62. The van der Waals surface area contributed by atoms with Crippen molar-refractivity contribution in [3.63, 3.8) is 0 Å². The zero-order valence-corrected chi connectivity index (χ0v) is 33.5. The Morgan fingerprint density at radius 2 is 0.774 bits per heavy atom. The monoisotopic (exact) mass is 789 g/mol. The summed E-state index contributed by atoms with van der Waals surface area (Å²) in [5.74, 6) is 1.75. The van der Waals surface area contributed by atoms with E-state index in [0.29, 0.717) is 17.5 Å². The van der Waals surface area contributed by atoms with Gasteiger partial charge in [0.25, 0.3) is 0 Å². The molecule has 1 spiro atoms. The highest BCUT2D eigenvalue weighted by molar-refractivity contribution is 6.09. The summed E-state index contributed by atoms with van der Waals surface area (Å²) >= 11 is 0. The van der Waals surface area contributed by atoms with Gasteiger partial charge in [-0.2, -0.15) is 0 Å². The summed E-state index contributed by atoms with van der Waals surface area (Å²) in [6, 6.07) is 75.8. The molecule has 9 aromatic carbocycles. The molecule has 62 heavy (non-hydrogen) atoms. The fourth-order valence-corrected chi connectivity index (χ4v) is 10.4. The maximum absolute atomic E-state index is 6.61. The smallest absolute Gasteiger partial charge is 0.167 e. The van der Waals surface area contributed by atoms with Crippen LogP contribution < -0.4 is 0 Å². The van der Waals surface area contributed by atoms with E-state index in [4.69, 9.17) is 19.4 Å². The molecule has 0 atom stereocenters. The molecule has 0 radical (unpaired) electrons. The van der Waals surface area contributed by atoms with Crippen molar-refractivity contribution in [2.45, 2.75) is 5.41 Å². The number of furan rings is 1. The molecule has 2 aromatic heterocycles. The van der Waals surface area contributed by atoms with Crippen LogP contribution in [0.2, 0.25) is 0 Å². The van der Waals surface area contributed by atoms with Crippen LogP contribution >= 0.6 is 0 Å². The average Bonchev–Trinajstić information content (AvgIpc) is 3.85. The Morgan fingerprint density at radius 1 is 0.306 bits per heavy atom. The van der Waals surface area contributed by atoms with Gasteiger partial charge in [-0.15, -0.1) is 0 Å². The quantitative estimate of drug-likeness (QED) is 0.178. The van der Waals surface area contributed by atoms with Crippen LogP contribution in [0.4, 0.5) is 0 Å². The molecular formula is C58H35N3O. The number of hydrogen-bond donors (Lipinski definition) is 0. The van der Waals surface area contributed by atoms with Gasteiger partial charge in [-0.05, 0) is 85.0 Å². The highest BCUT2D eigenvalue weighted by atomic mass is 16.3. The van der Waals surface area contributed by atoms with E-state index < -0.39 is 5.41 Å². The molecule has 288 valence electrons. The predicted molar refractivity (Wildman–Crippen MR) is 251 cm³/mol. The van der Waals surface area contributed by atoms with Gasteiger partial charge in [0.15, 0.2) is 17.5 Å². The SMILES string of the molecule is c1ccc(-c2cccc(-c3nc(-c4cccc5c4-c4ccccc4C54c5ccccc5-c5ccccc5-c5ccccc54)nc(-c4cccc5c4oc4ccccc45)n3)c2)cc1. The maximum Gasteiger partial charge on any atom is 0.167 e. The van der Waals surface area contributed by atoms with E-state index >= 15 is 0 Å². The summed E-state index contributed by atoms with van der Waals surface area (Å²) in [6.07, 6.45) is 0. The average molecular weight is 790 g/mol. The molecule has 0 amide bonds. The number of aromatic nitrogens is 3. The number of para-hydroxylation sites is 2. The number of hydrogen-bond acceptors (Lipinski definition) is 4. The highest BCUT2D eigenvalue weighted by Gasteiger charge is 2.50. The third-order valence-electron chi connectivity index (χ3n) is 13.0. The predicted octanol–water partition coefficient (Wildman–Crippen LogP) is 14.4. The second kappa shape index (κ2) is 13.4. The van der Waals surface area contributed by atoms with Gasteiger partial charge in [0.05, 0.1) is 11.0 Å². The molecule has 0 unspecified atom stereocenters. The Morgan fingerprint density at radius 3 is 1.52 bits per heavy atom. The molecule has 0 bridgehead atoms. The lowest BCUT2D eigenvalue weighted by atomic mass is 9.66. The van der Waals surface area contributed by atoms with Gasteiger partial charge in [-0.3, -0.25) is 0 Å². The van der Waals surface area contributed by atoms with Crippen molar-refractivity contribution in [3.8, 4) is 78.7 Å². The van der Waals surface area contributed by atoms with Crippen molar-refractivity contribution in [1.29, 1.82) is 0 Å². The van der Waals surface area contributed by atoms with Gasteiger partial charge in [0.2, 0.25) is 0 Å². The first-order chi connectivity index (χ1) is 30.8. The minimum Gasteiger partial charge on any atom is -0.455 e. The summed E-state index contributed by atoms with van der Waals surface area (Å²) in [4.78, 5) is 16.2. The first-order valence-corrected chi connectivity index (χ1v) is 21.1. The van der Waals surface area contributed by atoms with Crippen LogP contribution in [0.5, 0.6) is 0 Å². The molecule has 4 heteroatoms. The number of benzene rings is 9. The molecule has 2 aliphatic carbocycles. The van der Waals surface area contributed by atoms with E-state index in [1.807, 2.05) is 24.3 Å². The molecule has 2 aliphatic rings. The third kappa shape index (κ3) is 4.92. The molecule has 0 N–H and O–H groups in total. The van der Waals surface area contributed by atoms with Gasteiger partial charge in [0.1, 0.15) is 11.2 Å². The van der Waals surface area contributed by atoms with Gasteiger partial charge >= 0.3 is 0 Å². The fourth-order valence-electron chi connectivity index (χ4n) is 10.4. The normalized spacial score (nSPS) is 13.0. The van der Waals surface area contributed by atoms with Crippen molar-refractivity contribution in [3.05, 3.63) is 235 Å². The Hall–Kier alpha value is -8.21. The standard InChI is InChI=1S/C58H35N3O/c1-2-17-36(18-3-1)37-19-14-20-38(35-37)55-59-56(61-57(60-55)47-29-15-27-44-43-25-9-13-34-52(43)62-54(44)47)46-28-16-33-51-53(46)45-26-8-12-32-50(45)58(51)48-30-10-6-23-41(48)39-21-4-5-22-40(39)42-24-7-11-31-49(42)58/h1-35H. The first kappa shape index (κ1) is 34.6. The van der Waals surface area contributed by atoms with Crippen LogP contribution in [0, 0.1) is 0 Å². The van der Waals surface area contributed by atoms with Gasteiger partial charge in [-0.25, -0.2) is 15.0 Å². The number of fused-ring (bicyclic) bond motifs is 15. The van der Waals surface area contributed by atoms with Crippen molar-refractivity contribution in [2.75, 3.05) is 0 Å². The summed E-state index contributed by atoms with van der Waals surface area (Å²) in [7, 11) is 0. The van der Waals surface area contributed by atoms with E-state index in [2.05, 4.69) is 188 Å². The second-order valence-electron chi connectivity index (χ2n) is 16.2. The Labute approximate surface area is 358 Å². The van der Waals surface area contributed by atoms with Crippen LogP contribution in [0.1, 0.15) is 22.3 Å². The van der Waals surface area contributed by atoms with Crippen LogP contribution in [-0.2, 0) is 5.41 Å². The summed E-state index contributed by atoms with van der Waals surface area (Å²) in [5, 5.41) is 2.08. The topological polar surface area (TPSA) is 51.8 Å². The molecule has 0 saturated carbocycles. The minimum atomic E-state index is -0.628. The molecule has 4 nitrogen and oxygen atoms in total. The first-order valence-electron chi connectivity index (χ1n) is 21.1. The molecular weight excluding hydrogens is 755 g/mol. The van der Waals surface area contributed by atoms with Crippen molar-refractivity contribution >= 4 is 21.9 Å².